The average molecular weight is 327 g/mol. The zero-order valence-electron chi connectivity index (χ0n) is 11.6. The van der Waals surface area contributed by atoms with E-state index < -0.39 is 0 Å². The van der Waals surface area contributed by atoms with Crippen LogP contribution in [0.4, 0.5) is 5.69 Å². The molecule has 106 valence electrons. The molecule has 3 nitrogen and oxygen atoms in total. The van der Waals surface area contributed by atoms with E-state index in [1.807, 2.05) is 6.07 Å². The first kappa shape index (κ1) is 14.8. The van der Waals surface area contributed by atoms with Gasteiger partial charge in [0.2, 0.25) is 0 Å². The third-order valence-corrected chi connectivity index (χ3v) is 4.18. The zero-order chi connectivity index (χ0) is 13.5. The summed E-state index contributed by atoms with van der Waals surface area (Å²) in [4.78, 5) is 2.54. The van der Waals surface area contributed by atoms with Crippen LogP contribution in [0.25, 0.3) is 0 Å². The first-order chi connectivity index (χ1) is 9.28. The van der Waals surface area contributed by atoms with E-state index in [-0.39, 0.29) is 0 Å². The number of nitrogens with zero attached hydrogens (tertiary/aromatic N) is 1. The molecule has 0 aromatic heterocycles. The average Bonchev–Trinajstić information content (AvgIpc) is 2.41. The van der Waals surface area contributed by atoms with Crippen LogP contribution in [0.15, 0.2) is 28.7 Å². The highest BCUT2D eigenvalue weighted by Crippen LogP contribution is 2.18. The molecule has 0 atom stereocenters. The van der Waals surface area contributed by atoms with E-state index in [1.165, 1.54) is 31.6 Å². The fraction of sp³-hybridized carbons (Fsp3) is 0.600. The second kappa shape index (κ2) is 7.88. The summed E-state index contributed by atoms with van der Waals surface area (Å²) in [5, 5.41) is 3.47. The topological polar surface area (TPSA) is 24.5 Å². The molecule has 1 fully saturated rings. The minimum Gasteiger partial charge on any atom is -0.384 e. The quantitative estimate of drug-likeness (QED) is 0.868. The number of likely N-dealkylation sites (tertiary alicyclic amines) is 1. The van der Waals surface area contributed by atoms with E-state index in [1.54, 1.807) is 7.11 Å². The van der Waals surface area contributed by atoms with Gasteiger partial charge in [0.25, 0.3) is 0 Å². The van der Waals surface area contributed by atoms with Gasteiger partial charge < -0.3 is 15.0 Å². The lowest BCUT2D eigenvalue weighted by Crippen LogP contribution is -2.37. The van der Waals surface area contributed by atoms with Gasteiger partial charge in [0.15, 0.2) is 0 Å². The first-order valence-electron chi connectivity index (χ1n) is 6.98. The molecule has 2 rings (SSSR count). The molecule has 0 radical (unpaired) electrons. The zero-order valence-corrected chi connectivity index (χ0v) is 13.2. The van der Waals surface area contributed by atoms with Crippen molar-refractivity contribution in [3.8, 4) is 0 Å². The van der Waals surface area contributed by atoms with Crippen molar-refractivity contribution >= 4 is 21.6 Å². The molecule has 1 aromatic carbocycles. The van der Waals surface area contributed by atoms with Crippen LogP contribution in [0.1, 0.15) is 12.8 Å². The van der Waals surface area contributed by atoms with Crippen molar-refractivity contribution in [3.05, 3.63) is 28.7 Å². The monoisotopic (exact) mass is 326 g/mol. The van der Waals surface area contributed by atoms with E-state index >= 15 is 0 Å². The van der Waals surface area contributed by atoms with Crippen molar-refractivity contribution in [2.75, 3.05) is 45.2 Å². The van der Waals surface area contributed by atoms with Gasteiger partial charge in [0, 0.05) is 37.0 Å². The Morgan fingerprint density at radius 3 is 2.84 bits per heavy atom. The largest absolute Gasteiger partial charge is 0.384 e. The minimum atomic E-state index is 0.763. The summed E-state index contributed by atoms with van der Waals surface area (Å²) in [6, 6.07) is 8.33. The van der Waals surface area contributed by atoms with Gasteiger partial charge in [-0.3, -0.25) is 0 Å². The first-order valence-corrected chi connectivity index (χ1v) is 7.78. The Bertz CT molecular complexity index is 378. The van der Waals surface area contributed by atoms with Crippen LogP contribution in [0, 0.1) is 5.92 Å². The molecule has 1 aliphatic rings. The Labute approximate surface area is 124 Å². The standard InChI is InChI=1S/C15H23BrN2O/c1-19-12-13-5-8-18(9-6-13)10-7-17-15-4-2-3-14(16)11-15/h2-4,11,13,17H,5-10,12H2,1H3. The smallest absolute Gasteiger partial charge is 0.0491 e. The Morgan fingerprint density at radius 2 is 2.16 bits per heavy atom. The van der Waals surface area contributed by atoms with Crippen LogP contribution in [-0.2, 0) is 4.74 Å². The predicted octanol–water partition coefficient (Wildman–Crippen LogP) is 3.22. The number of rotatable bonds is 6. The maximum absolute atomic E-state index is 5.23. The molecule has 1 N–H and O–H groups in total. The van der Waals surface area contributed by atoms with Crippen LogP contribution in [-0.4, -0.2) is 44.8 Å². The molecule has 1 aromatic rings. The second-order valence-corrected chi connectivity index (χ2v) is 6.09. The molecule has 0 amide bonds. The minimum absolute atomic E-state index is 0.763. The van der Waals surface area contributed by atoms with Crippen molar-refractivity contribution < 1.29 is 4.74 Å². The van der Waals surface area contributed by atoms with Gasteiger partial charge in [-0.15, -0.1) is 0 Å². The summed E-state index contributed by atoms with van der Waals surface area (Å²) in [7, 11) is 1.80. The second-order valence-electron chi connectivity index (χ2n) is 5.18. The molecule has 0 spiro atoms. The highest BCUT2D eigenvalue weighted by molar-refractivity contribution is 9.10. The summed E-state index contributed by atoms with van der Waals surface area (Å²) >= 11 is 3.49. The molecule has 1 heterocycles. The fourth-order valence-electron chi connectivity index (χ4n) is 2.57. The van der Waals surface area contributed by atoms with Gasteiger partial charge in [-0.25, -0.2) is 0 Å². The Balaban J connectivity index is 1.64. The molecule has 4 heteroatoms. The Morgan fingerprint density at radius 1 is 1.37 bits per heavy atom. The van der Waals surface area contributed by atoms with Gasteiger partial charge in [-0.1, -0.05) is 22.0 Å². The van der Waals surface area contributed by atoms with Gasteiger partial charge in [-0.05, 0) is 50.0 Å². The van der Waals surface area contributed by atoms with Crippen LogP contribution >= 0.6 is 15.9 Å². The lowest BCUT2D eigenvalue weighted by Gasteiger charge is -2.31. The lowest BCUT2D eigenvalue weighted by atomic mass is 9.98. The molecular formula is C15H23BrN2O. The number of nitrogens with one attached hydrogen (secondary N) is 1. The molecule has 0 bridgehead atoms. The van der Waals surface area contributed by atoms with Crippen molar-refractivity contribution in [2.24, 2.45) is 5.92 Å². The maximum Gasteiger partial charge on any atom is 0.0491 e. The number of methoxy groups -OCH3 is 1. The molecule has 1 saturated heterocycles. The van der Waals surface area contributed by atoms with Gasteiger partial charge >= 0.3 is 0 Å². The predicted molar refractivity (Wildman–Crippen MR) is 83.7 cm³/mol. The van der Waals surface area contributed by atoms with Gasteiger partial charge in [0.05, 0.1) is 0 Å². The summed E-state index contributed by atoms with van der Waals surface area (Å²) in [5.74, 6) is 0.763. The third kappa shape index (κ3) is 5.13. The van der Waals surface area contributed by atoms with E-state index in [9.17, 15) is 0 Å². The van der Waals surface area contributed by atoms with Gasteiger partial charge in [0.1, 0.15) is 0 Å². The number of benzene rings is 1. The summed E-state index contributed by atoms with van der Waals surface area (Å²) < 4.78 is 6.35. The Hall–Kier alpha value is -0.580. The van der Waals surface area contributed by atoms with E-state index in [0.717, 1.165) is 30.1 Å². The van der Waals surface area contributed by atoms with E-state index in [0.29, 0.717) is 0 Å². The normalized spacial score (nSPS) is 17.6. The van der Waals surface area contributed by atoms with Gasteiger partial charge in [-0.2, -0.15) is 0 Å². The third-order valence-electron chi connectivity index (χ3n) is 3.69. The van der Waals surface area contributed by atoms with Crippen LogP contribution in [0.2, 0.25) is 0 Å². The maximum atomic E-state index is 5.23. The summed E-state index contributed by atoms with van der Waals surface area (Å²) in [5.41, 5.74) is 1.18. The van der Waals surface area contributed by atoms with Crippen molar-refractivity contribution in [2.45, 2.75) is 12.8 Å². The molecule has 0 saturated carbocycles. The number of hydrogen-bond acceptors (Lipinski definition) is 3. The molecule has 0 aliphatic carbocycles. The Kier molecular flexibility index (Phi) is 6.14. The number of hydrogen-bond donors (Lipinski definition) is 1. The van der Waals surface area contributed by atoms with E-state index in [4.69, 9.17) is 4.74 Å². The van der Waals surface area contributed by atoms with Crippen molar-refractivity contribution in [1.82, 2.24) is 4.90 Å². The molecular weight excluding hydrogens is 304 g/mol. The van der Waals surface area contributed by atoms with Crippen molar-refractivity contribution in [3.63, 3.8) is 0 Å². The summed E-state index contributed by atoms with van der Waals surface area (Å²) in [6.07, 6.45) is 2.54. The van der Waals surface area contributed by atoms with Crippen LogP contribution in [0.3, 0.4) is 0 Å². The number of piperidine rings is 1. The highest BCUT2D eigenvalue weighted by atomic mass is 79.9. The van der Waals surface area contributed by atoms with Crippen LogP contribution < -0.4 is 5.32 Å². The highest BCUT2D eigenvalue weighted by Gasteiger charge is 2.18. The van der Waals surface area contributed by atoms with Crippen molar-refractivity contribution in [1.29, 1.82) is 0 Å². The fourth-order valence-corrected chi connectivity index (χ4v) is 2.97. The van der Waals surface area contributed by atoms with E-state index in [2.05, 4.69) is 44.3 Å². The summed E-state index contributed by atoms with van der Waals surface area (Å²) in [6.45, 7) is 5.45. The number of ether oxygens (including phenoxy) is 1. The van der Waals surface area contributed by atoms with Crippen LogP contribution in [0.5, 0.6) is 0 Å². The number of halogens is 1. The molecule has 0 unspecified atom stereocenters. The number of anilines is 1. The molecule has 19 heavy (non-hydrogen) atoms. The lowest BCUT2D eigenvalue weighted by molar-refractivity contribution is 0.101. The molecule has 1 aliphatic heterocycles. The SMILES string of the molecule is COCC1CCN(CCNc2cccc(Br)c2)CC1.